The van der Waals surface area contributed by atoms with Crippen LogP contribution in [0.15, 0.2) is 54.6 Å². The predicted octanol–water partition coefficient (Wildman–Crippen LogP) is 5.34. The van der Waals surface area contributed by atoms with E-state index in [0.29, 0.717) is 60.4 Å². The van der Waals surface area contributed by atoms with Crippen LogP contribution in [0.25, 0.3) is 33.4 Å². The Labute approximate surface area is 418 Å². The van der Waals surface area contributed by atoms with Crippen molar-refractivity contribution in [3.63, 3.8) is 0 Å². The molecule has 7 rings (SSSR count). The number of esters is 1. The molecule has 1 saturated heterocycles. The van der Waals surface area contributed by atoms with Crippen molar-refractivity contribution in [2.24, 2.45) is 11.3 Å². The molecule has 5 amide bonds. The zero-order valence-electron chi connectivity index (χ0n) is 41.9. The first kappa shape index (κ1) is 51.8. The first-order chi connectivity index (χ1) is 32.6. The summed E-state index contributed by atoms with van der Waals surface area (Å²) in [4.78, 5) is 83.9. The summed E-state index contributed by atoms with van der Waals surface area (Å²) in [6, 6.07) is 7.76. The zero-order valence-corrected chi connectivity index (χ0v) is 45.6. The summed E-state index contributed by atoms with van der Waals surface area (Å²) in [5.41, 5.74) is 9.38. The maximum atomic E-state index is 14.8. The van der Waals surface area contributed by atoms with Crippen LogP contribution in [0.1, 0.15) is 89.6 Å². The molecule has 19 heteroatoms. The molecule has 69 heavy (non-hydrogen) atoms. The third kappa shape index (κ3) is 10.3. The molecule has 2 fully saturated rings. The van der Waals surface area contributed by atoms with Gasteiger partial charge in [0, 0.05) is 116 Å². The second kappa shape index (κ2) is 20.3. The van der Waals surface area contributed by atoms with E-state index in [-0.39, 0.29) is 43.0 Å². The standard InChI is InChI=1S/C50H69N9O7S2Si/c1-12-40(60)57(10)49(67)24-32(25-49)55(8)47(64)56(9)42(29(3)4)44(61)53-36-23-39-52-37(27-68-39)31-17-18-38-34(22-31)35(43(58(38)13-2)33-16-14-20-51-41(33)30(5)65-11)26-48(6,7)28-66-46(63)50(69)19-15-21-59(54-50)45(36)62/h12,14,16-18,20,22,27,29-30,32,36,42,54,67H,1,13,15,19,21,23-26,28H2,2-11,69H3,(H,53,61)/t30-,32-,36-,42-,49+,50-/m0/s1. The number of cyclic esters (lactones) is 1. The molecule has 3 aliphatic rings. The van der Waals surface area contributed by atoms with E-state index in [4.69, 9.17) is 32.1 Å². The fourth-order valence-electron chi connectivity index (χ4n) is 10.1. The highest BCUT2D eigenvalue weighted by Gasteiger charge is 2.50. The van der Waals surface area contributed by atoms with Crippen molar-refractivity contribution >= 4 is 74.8 Å². The summed E-state index contributed by atoms with van der Waals surface area (Å²) in [7, 11) is 6.96. The second-order valence-corrected chi connectivity index (χ2v) is 23.8. The number of carbonyl (C=O) groups is 5. The molecule has 16 nitrogen and oxygen atoms in total. The van der Waals surface area contributed by atoms with Gasteiger partial charge in [-0.3, -0.25) is 29.2 Å². The highest BCUT2D eigenvalue weighted by molar-refractivity contribution is 7.81. The van der Waals surface area contributed by atoms with Gasteiger partial charge in [0.2, 0.25) is 11.8 Å². The highest BCUT2D eigenvalue weighted by Crippen LogP contribution is 2.44. The van der Waals surface area contributed by atoms with Gasteiger partial charge in [-0.05, 0) is 74.9 Å². The van der Waals surface area contributed by atoms with E-state index in [1.165, 1.54) is 32.2 Å². The van der Waals surface area contributed by atoms with Gasteiger partial charge >= 0.3 is 12.0 Å². The molecule has 2 aliphatic heterocycles. The fraction of sp³-hybridized carbons (Fsp3) is 0.540. The molecule has 5 heterocycles. The lowest BCUT2D eigenvalue weighted by Gasteiger charge is -2.52. The fourth-order valence-corrected chi connectivity index (χ4v) is 12.2. The predicted molar refractivity (Wildman–Crippen MR) is 275 cm³/mol. The first-order valence-corrected chi connectivity index (χ1v) is 26.2. The number of likely N-dealkylation sites (N-methyl/N-ethyl adjacent to an activating group) is 2. The van der Waals surface area contributed by atoms with Crippen LogP contribution in [0.4, 0.5) is 4.79 Å². The maximum Gasteiger partial charge on any atom is 0.323 e. The molecule has 1 saturated carbocycles. The van der Waals surface area contributed by atoms with E-state index in [1.54, 1.807) is 39.3 Å². The van der Waals surface area contributed by atoms with Gasteiger partial charge in [-0.2, -0.15) is 12.6 Å². The minimum Gasteiger partial charge on any atom is -0.464 e. The smallest absolute Gasteiger partial charge is 0.323 e. The summed E-state index contributed by atoms with van der Waals surface area (Å²) < 4.78 is 14.4. The van der Waals surface area contributed by atoms with Crippen molar-refractivity contribution < 1.29 is 33.4 Å². The van der Waals surface area contributed by atoms with Crippen LogP contribution in [-0.4, -0.2) is 144 Å². The minimum absolute atomic E-state index is 0.0664. The number of rotatable bonds is 11. The summed E-state index contributed by atoms with van der Waals surface area (Å²) >= 11 is 6.17. The number of pyridine rings is 1. The van der Waals surface area contributed by atoms with Crippen molar-refractivity contribution in [1.29, 1.82) is 0 Å². The summed E-state index contributed by atoms with van der Waals surface area (Å²) in [6.45, 7) is 16.8. The van der Waals surface area contributed by atoms with Crippen LogP contribution in [0, 0.1) is 11.3 Å². The number of methoxy groups -OCH3 is 1. The Kier molecular flexibility index (Phi) is 15.3. The summed E-state index contributed by atoms with van der Waals surface area (Å²) in [5.74, 6) is -1.94. The van der Waals surface area contributed by atoms with E-state index in [2.05, 4.69) is 66.9 Å². The van der Waals surface area contributed by atoms with E-state index in [9.17, 15) is 24.0 Å². The molecule has 0 radical (unpaired) electrons. The number of aromatic nitrogens is 3. The number of benzene rings is 1. The van der Waals surface area contributed by atoms with Crippen LogP contribution in [0.5, 0.6) is 0 Å². The lowest BCUT2D eigenvalue weighted by molar-refractivity contribution is -0.158. The Hall–Kier alpha value is -5.08. The molecule has 0 spiro atoms. The van der Waals surface area contributed by atoms with Gasteiger partial charge in [0.15, 0.2) is 0 Å². The van der Waals surface area contributed by atoms with Gasteiger partial charge in [-0.15, -0.1) is 11.3 Å². The third-order valence-electron chi connectivity index (χ3n) is 14.3. The number of thiol groups is 1. The molecular formula is C50H69N9O7S2Si. The number of nitrogens with zero attached hydrogens (tertiary/aromatic N) is 7. The van der Waals surface area contributed by atoms with Crippen molar-refractivity contribution in [3.8, 4) is 22.5 Å². The molecule has 372 valence electrons. The van der Waals surface area contributed by atoms with E-state index in [0.717, 1.165) is 44.7 Å². The SMILES string of the molecule is C=CC(=O)N(C)[C@]1(S)C[C@@H](N(C)C(=O)N(C)[C@H](C(=O)N[C@H]2Cc3nc(cs3)-c3ccc4c(c3)c(c(-c3cccnc3[C@H](C)OC)n4CC)CC(C)(C)COC(=O)[C@@]3([SiH3])CCCN(N3)C2=O)C(C)C)C1. The number of fused-ring (bicyclic) bond motifs is 6. The Balaban J connectivity index is 1.25. The molecule has 4 aromatic rings. The Morgan fingerprint density at radius 1 is 1.16 bits per heavy atom. The molecule has 4 atom stereocenters. The van der Waals surface area contributed by atoms with Crippen molar-refractivity contribution in [2.75, 3.05) is 41.4 Å². The highest BCUT2D eigenvalue weighted by atomic mass is 32.1. The number of hydrazine groups is 1. The number of ether oxygens (including phenoxy) is 2. The number of hydrogen-bond donors (Lipinski definition) is 3. The molecule has 1 aromatic carbocycles. The topological polar surface area (TPSA) is 172 Å². The number of nitrogens with one attached hydrogen (secondary N) is 2. The van der Waals surface area contributed by atoms with Crippen LogP contribution < -0.4 is 10.7 Å². The van der Waals surface area contributed by atoms with Gasteiger partial charge in [-0.25, -0.2) is 15.2 Å². The summed E-state index contributed by atoms with van der Waals surface area (Å²) in [6.07, 6.45) is 5.31. The lowest BCUT2D eigenvalue weighted by Crippen LogP contribution is -2.68. The molecule has 6 bridgehead atoms. The van der Waals surface area contributed by atoms with Gasteiger partial charge in [0.05, 0.1) is 39.7 Å². The van der Waals surface area contributed by atoms with Crippen molar-refractivity contribution in [2.45, 2.75) is 121 Å². The molecule has 2 N–H and O–H groups in total. The number of urea groups is 1. The minimum atomic E-state index is -1.10. The van der Waals surface area contributed by atoms with Crippen molar-refractivity contribution in [3.05, 3.63) is 70.8 Å². The number of amides is 5. The molecular weight excluding hydrogens is 931 g/mol. The van der Waals surface area contributed by atoms with Crippen LogP contribution >= 0.6 is 24.0 Å². The molecule has 0 unspecified atom stereocenters. The number of carbonyl (C=O) groups excluding carboxylic acids is 5. The Bertz CT molecular complexity index is 2630. The van der Waals surface area contributed by atoms with Gasteiger partial charge in [0.25, 0.3) is 5.91 Å². The average molecular weight is 1000 g/mol. The third-order valence-corrected chi connectivity index (χ3v) is 17.0. The van der Waals surface area contributed by atoms with Crippen LogP contribution in [0.2, 0.25) is 0 Å². The Morgan fingerprint density at radius 3 is 2.55 bits per heavy atom. The van der Waals surface area contributed by atoms with Crippen LogP contribution in [0.3, 0.4) is 0 Å². The zero-order chi connectivity index (χ0) is 50.3. The first-order valence-electron chi connectivity index (χ1n) is 23.8. The maximum absolute atomic E-state index is 14.8. The molecule has 1 aliphatic carbocycles. The van der Waals surface area contributed by atoms with Gasteiger partial charge in [0.1, 0.15) is 17.2 Å². The monoisotopic (exact) mass is 999 g/mol. The van der Waals surface area contributed by atoms with E-state index in [1.807, 2.05) is 32.2 Å². The normalized spacial score (nSPS) is 23.6. The Morgan fingerprint density at radius 2 is 1.88 bits per heavy atom. The van der Waals surface area contributed by atoms with Gasteiger partial charge in [-0.1, -0.05) is 40.3 Å². The number of aryl methyl sites for hydroxylation is 1. The largest absolute Gasteiger partial charge is 0.464 e. The number of hydrogen-bond acceptors (Lipinski definition) is 12. The van der Waals surface area contributed by atoms with Crippen molar-refractivity contribution in [1.82, 2.24) is 45.0 Å². The average Bonchev–Trinajstić information content (AvgIpc) is 3.91. The summed E-state index contributed by atoms with van der Waals surface area (Å²) in [5, 5.41) is 7.06. The second-order valence-electron chi connectivity index (χ2n) is 20.3. The van der Waals surface area contributed by atoms with E-state index < -0.39 is 45.3 Å². The number of thiazole rings is 1. The quantitative estimate of drug-likeness (QED) is 0.0587. The van der Waals surface area contributed by atoms with Crippen LogP contribution in [-0.2, 0) is 48.0 Å². The lowest BCUT2D eigenvalue weighted by atomic mass is 9.83. The van der Waals surface area contributed by atoms with Gasteiger partial charge < -0.3 is 34.1 Å². The van der Waals surface area contributed by atoms with E-state index >= 15 is 0 Å². The molecule has 3 aromatic heterocycles.